The topological polar surface area (TPSA) is 6.48 Å². The summed E-state index contributed by atoms with van der Waals surface area (Å²) in [7, 11) is 11.5. The Morgan fingerprint density at radius 3 is 1.62 bits per heavy atom. The number of hydrogen-bond acceptors (Lipinski definition) is 3. The molecule has 0 saturated carbocycles. The number of rotatable bonds is 4. The van der Waals surface area contributed by atoms with Crippen LogP contribution in [0.1, 0.15) is 90.1 Å². The Morgan fingerprint density at radius 1 is 0.545 bits per heavy atom. The van der Waals surface area contributed by atoms with E-state index in [-0.39, 0.29) is 23.0 Å². The molecule has 0 amide bonds. The van der Waals surface area contributed by atoms with Crippen molar-refractivity contribution in [3.05, 3.63) is 112 Å². The third kappa shape index (κ3) is 6.87. The maximum absolute atomic E-state index is 2.63. The van der Waals surface area contributed by atoms with Crippen LogP contribution in [0.2, 0.25) is 0 Å². The predicted molar refractivity (Wildman–Crippen MR) is 262 cm³/mol. The van der Waals surface area contributed by atoms with Crippen molar-refractivity contribution in [2.45, 2.75) is 97.3 Å². The molecule has 0 fully saturated rings. The van der Waals surface area contributed by atoms with Crippen LogP contribution in [-0.2, 0) is 16.2 Å². The first-order valence-corrected chi connectivity index (χ1v) is 21.0. The summed E-state index contributed by atoms with van der Waals surface area (Å²) >= 11 is 1.95. The minimum atomic E-state index is 0.00497. The molecule has 0 aromatic heterocycles. The number of thioether (sulfide) groups is 1. The van der Waals surface area contributed by atoms with Crippen LogP contribution < -0.4 is 48.0 Å². The van der Waals surface area contributed by atoms with Gasteiger partial charge in [-0.05, 0) is 110 Å². The van der Waals surface area contributed by atoms with Gasteiger partial charge in [-0.1, -0.05) is 121 Å². The van der Waals surface area contributed by atoms with E-state index in [9.17, 15) is 0 Å². The van der Waals surface area contributed by atoms with Crippen LogP contribution in [-0.4, -0.2) is 45.9 Å². The molecule has 274 valence electrons. The highest BCUT2D eigenvalue weighted by Gasteiger charge is 2.44. The molecule has 2 aliphatic heterocycles. The SMILES string of the molecule is Bc1c(B)c(B)c(N2c3ccc(C(C)(C)C)cc3B3C(Sc4ccc(C(C)(C)C)cc4C)=CN(c4ccc(C(C)(C)C)cc4)c4cc(C)cc2c43)c(B)c1B. The average molecular weight is 734 g/mol. The summed E-state index contributed by atoms with van der Waals surface area (Å²) in [5, 5.41) is 0. The van der Waals surface area contributed by atoms with E-state index in [1.807, 2.05) is 11.8 Å². The minimum Gasteiger partial charge on any atom is -0.318 e. The summed E-state index contributed by atoms with van der Waals surface area (Å²) in [5.41, 5.74) is 22.8. The molecule has 0 N–H and O–H groups in total. The van der Waals surface area contributed by atoms with Crippen molar-refractivity contribution in [2.75, 3.05) is 9.80 Å². The molecule has 5 aromatic carbocycles. The lowest BCUT2D eigenvalue weighted by molar-refractivity contribution is 0.589. The van der Waals surface area contributed by atoms with Gasteiger partial charge in [-0.15, -0.1) is 17.2 Å². The van der Waals surface area contributed by atoms with E-state index in [1.165, 1.54) is 104 Å². The number of aryl methyl sites for hydroxylation is 2. The van der Waals surface area contributed by atoms with Crippen LogP contribution in [0.4, 0.5) is 28.4 Å². The molecule has 2 aliphatic rings. The first-order chi connectivity index (χ1) is 25.6. The maximum atomic E-state index is 2.63. The molecular weight excluding hydrogens is 677 g/mol. The van der Waals surface area contributed by atoms with Gasteiger partial charge >= 0.3 is 0 Å². The van der Waals surface area contributed by atoms with Crippen molar-refractivity contribution in [3.63, 3.8) is 0 Å². The number of anilines is 5. The lowest BCUT2D eigenvalue weighted by Gasteiger charge is -2.44. The van der Waals surface area contributed by atoms with Crippen molar-refractivity contribution < 1.29 is 0 Å². The fourth-order valence-electron chi connectivity index (χ4n) is 8.58. The van der Waals surface area contributed by atoms with Crippen molar-refractivity contribution in [1.29, 1.82) is 0 Å². The summed E-state index contributed by atoms with van der Waals surface area (Å²) in [6.45, 7) is 25.4. The van der Waals surface area contributed by atoms with E-state index in [0.29, 0.717) is 0 Å². The molecule has 2 nitrogen and oxygen atoms in total. The fourth-order valence-corrected chi connectivity index (χ4v) is 9.71. The van der Waals surface area contributed by atoms with E-state index in [1.54, 1.807) is 0 Å². The second-order valence-electron chi connectivity index (χ2n) is 19.5. The zero-order chi connectivity index (χ0) is 40.1. The van der Waals surface area contributed by atoms with E-state index >= 15 is 0 Å². The summed E-state index contributed by atoms with van der Waals surface area (Å²) in [4.78, 5) is 7.78. The first-order valence-electron chi connectivity index (χ1n) is 20.1. The largest absolute Gasteiger partial charge is 0.318 e. The monoisotopic (exact) mass is 734 g/mol. The molecular formula is C46H56B6N2S. The van der Waals surface area contributed by atoms with Crippen LogP contribution in [0.15, 0.2) is 88.7 Å². The highest BCUT2D eigenvalue weighted by atomic mass is 32.2. The number of benzene rings is 5. The van der Waals surface area contributed by atoms with Gasteiger partial charge in [0.15, 0.2) is 0 Å². The normalized spacial score (nSPS) is 14.2. The average Bonchev–Trinajstić information content (AvgIpc) is 3.10. The van der Waals surface area contributed by atoms with Crippen LogP contribution in [0, 0.1) is 13.8 Å². The van der Waals surface area contributed by atoms with Crippen LogP contribution in [0.25, 0.3) is 0 Å². The standard InChI is InChI=1S/C46H56B6N2S/c1-25-20-33-42-34(21-25)54(43-40(50)38(48)37(47)39(49)41(43)51)32-18-14-29(46(9,10)11)23-31(32)52(42)36(55-35-19-15-28(22-26(35)2)45(6,7)8)24-53(33)30-16-12-27(13-17-30)44(3,4)5/h12-24H,47-51H2,1-11H3. The predicted octanol–water partition coefficient (Wildman–Crippen LogP) is 3.20. The summed E-state index contributed by atoms with van der Waals surface area (Å²) in [6, 6.07) is 28.6. The van der Waals surface area contributed by atoms with Crippen molar-refractivity contribution >= 4 is 124 Å². The highest BCUT2D eigenvalue weighted by molar-refractivity contribution is 8.05. The number of hydrogen-bond donors (Lipinski definition) is 0. The third-order valence-corrected chi connectivity index (χ3v) is 13.8. The van der Waals surface area contributed by atoms with Gasteiger partial charge in [-0.2, -0.15) is 0 Å². The zero-order valence-corrected chi connectivity index (χ0v) is 37.2. The molecule has 0 saturated heterocycles. The molecule has 2 heterocycles. The van der Waals surface area contributed by atoms with Gasteiger partial charge in [-0.25, -0.2) is 0 Å². The Morgan fingerprint density at radius 2 is 1.05 bits per heavy atom. The molecule has 55 heavy (non-hydrogen) atoms. The maximum Gasteiger partial charge on any atom is 0.259 e. The fraction of sp³-hybridized carbons (Fsp3) is 0.304. The molecule has 0 atom stereocenters. The summed E-state index contributed by atoms with van der Waals surface area (Å²) < 4.78 is 0. The van der Waals surface area contributed by atoms with Gasteiger partial charge in [0, 0.05) is 39.5 Å². The van der Waals surface area contributed by atoms with E-state index in [0.717, 1.165) is 0 Å². The van der Waals surface area contributed by atoms with Gasteiger partial charge in [-0.3, -0.25) is 0 Å². The Kier molecular flexibility index (Phi) is 9.81. The third-order valence-electron chi connectivity index (χ3n) is 12.5. The first kappa shape index (κ1) is 39.4. The molecule has 0 bridgehead atoms. The Hall–Kier alpha value is -3.82. The van der Waals surface area contributed by atoms with E-state index in [2.05, 4.69) is 204 Å². The quantitative estimate of drug-likeness (QED) is 0.263. The van der Waals surface area contributed by atoms with Gasteiger partial charge < -0.3 is 9.80 Å². The minimum absolute atomic E-state index is 0.00497. The van der Waals surface area contributed by atoms with Crippen molar-refractivity contribution in [2.24, 2.45) is 0 Å². The highest BCUT2D eigenvalue weighted by Crippen LogP contribution is 2.46. The van der Waals surface area contributed by atoms with Crippen LogP contribution in [0.5, 0.6) is 0 Å². The van der Waals surface area contributed by atoms with Crippen molar-refractivity contribution in [3.8, 4) is 0 Å². The molecule has 0 aliphatic carbocycles. The lowest BCUT2D eigenvalue weighted by atomic mass is 9.37. The Labute approximate surface area is 341 Å². The molecule has 0 radical (unpaired) electrons. The second kappa shape index (κ2) is 13.7. The Bertz CT molecular complexity index is 2370. The second-order valence-corrected chi connectivity index (χ2v) is 20.6. The molecule has 5 aromatic rings. The lowest BCUT2D eigenvalue weighted by Crippen LogP contribution is -2.59. The van der Waals surface area contributed by atoms with Gasteiger partial charge in [0.05, 0.1) is 0 Å². The molecule has 7 rings (SSSR count). The number of fused-ring (bicyclic) bond motifs is 2. The van der Waals surface area contributed by atoms with Crippen LogP contribution >= 0.6 is 11.8 Å². The molecule has 0 unspecified atom stereocenters. The smallest absolute Gasteiger partial charge is 0.259 e. The zero-order valence-electron chi connectivity index (χ0n) is 36.4. The van der Waals surface area contributed by atoms with Gasteiger partial charge in [0.25, 0.3) is 6.71 Å². The van der Waals surface area contributed by atoms with Crippen molar-refractivity contribution in [1.82, 2.24) is 0 Å². The van der Waals surface area contributed by atoms with Gasteiger partial charge in [0.1, 0.15) is 39.2 Å². The summed E-state index contributed by atoms with van der Waals surface area (Å²) in [5.74, 6) is 0. The summed E-state index contributed by atoms with van der Waals surface area (Å²) in [6.07, 6.45) is 2.46. The van der Waals surface area contributed by atoms with E-state index < -0.39 is 0 Å². The van der Waals surface area contributed by atoms with Gasteiger partial charge in [0.2, 0.25) is 0 Å². The molecule has 0 spiro atoms. The number of nitrogens with zero attached hydrogens (tertiary/aromatic N) is 2. The van der Waals surface area contributed by atoms with Crippen LogP contribution in [0.3, 0.4) is 0 Å². The molecule has 9 heteroatoms. The van der Waals surface area contributed by atoms with E-state index in [4.69, 9.17) is 0 Å². The Balaban J connectivity index is 1.56.